The fraction of sp³-hybridized carbons (Fsp3) is 0.250. The minimum absolute atomic E-state index is 0.00201. The molecule has 1 heterocycles. The predicted molar refractivity (Wildman–Crippen MR) is 80.2 cm³/mol. The largest absolute Gasteiger partial charge is 0.398 e. The minimum Gasteiger partial charge on any atom is -0.398 e. The number of aromatic nitrogens is 2. The number of nitrogens with two attached hydrogens (primary N) is 1. The second kappa shape index (κ2) is 6.15. The maximum absolute atomic E-state index is 10.9. The number of hydrogen-bond donors (Lipinski definition) is 1. The average Bonchev–Trinajstić information content (AvgIpc) is 2.75. The van der Waals surface area contributed by atoms with Crippen molar-refractivity contribution < 1.29 is 4.92 Å². The first-order valence-corrected chi connectivity index (χ1v) is 7.19. The van der Waals surface area contributed by atoms with Crippen LogP contribution in [-0.2, 0) is 6.54 Å². The highest BCUT2D eigenvalue weighted by Gasteiger charge is 2.16. The molecule has 0 bridgehead atoms. The van der Waals surface area contributed by atoms with Gasteiger partial charge in [-0.2, -0.15) is 0 Å². The van der Waals surface area contributed by atoms with E-state index in [1.165, 1.54) is 18.0 Å². The molecule has 20 heavy (non-hydrogen) atoms. The summed E-state index contributed by atoms with van der Waals surface area (Å²) in [6.07, 6.45) is 1.27. The van der Waals surface area contributed by atoms with E-state index in [0.29, 0.717) is 28.8 Å². The van der Waals surface area contributed by atoms with E-state index < -0.39 is 4.92 Å². The van der Waals surface area contributed by atoms with Gasteiger partial charge in [0.15, 0.2) is 5.82 Å². The van der Waals surface area contributed by atoms with Crippen molar-refractivity contribution in [3.05, 3.63) is 45.4 Å². The quantitative estimate of drug-likeness (QED) is 0.396. The molecule has 8 heteroatoms. The number of nitro groups is 1. The number of thioether (sulfide) groups is 1. The molecule has 0 unspecified atom stereocenters. The minimum atomic E-state index is -0.432. The summed E-state index contributed by atoms with van der Waals surface area (Å²) >= 11 is 7.42. The Labute approximate surface area is 125 Å². The molecule has 0 radical (unpaired) electrons. The Bertz CT molecular complexity index is 644. The monoisotopic (exact) mass is 312 g/mol. The van der Waals surface area contributed by atoms with Crippen LogP contribution in [0, 0.1) is 17.0 Å². The van der Waals surface area contributed by atoms with Crippen molar-refractivity contribution in [3.63, 3.8) is 0 Å². The van der Waals surface area contributed by atoms with Crippen LogP contribution >= 0.6 is 23.4 Å². The van der Waals surface area contributed by atoms with Gasteiger partial charge in [-0.05, 0) is 23.1 Å². The second-order valence-electron chi connectivity index (χ2n) is 4.10. The van der Waals surface area contributed by atoms with Crippen molar-refractivity contribution in [1.29, 1.82) is 0 Å². The number of rotatable bonds is 5. The van der Waals surface area contributed by atoms with Crippen molar-refractivity contribution in [1.82, 2.24) is 9.55 Å². The maximum atomic E-state index is 10.9. The van der Waals surface area contributed by atoms with Crippen molar-refractivity contribution in [2.24, 2.45) is 0 Å². The lowest BCUT2D eigenvalue weighted by Gasteiger charge is -2.06. The second-order valence-corrected chi connectivity index (χ2v) is 5.68. The van der Waals surface area contributed by atoms with Crippen molar-refractivity contribution in [2.75, 3.05) is 11.5 Å². The zero-order valence-corrected chi connectivity index (χ0v) is 12.3. The Morgan fingerprint density at radius 2 is 2.30 bits per heavy atom. The Balaban J connectivity index is 2.05. The molecule has 0 aliphatic rings. The molecule has 2 N–H and O–H groups in total. The summed E-state index contributed by atoms with van der Waals surface area (Å²) in [7, 11) is 0. The lowest BCUT2D eigenvalue weighted by atomic mass is 10.3. The molecule has 0 saturated carbocycles. The van der Waals surface area contributed by atoms with Crippen LogP contribution in [0.2, 0.25) is 5.02 Å². The van der Waals surface area contributed by atoms with E-state index in [0.717, 1.165) is 4.90 Å². The van der Waals surface area contributed by atoms with Gasteiger partial charge in [0.2, 0.25) is 0 Å². The van der Waals surface area contributed by atoms with Crippen LogP contribution < -0.4 is 5.73 Å². The molecule has 0 atom stereocenters. The third-order valence-corrected chi connectivity index (χ3v) is 4.06. The number of nitrogen functional groups attached to an aromatic ring is 1. The number of benzene rings is 1. The fourth-order valence-corrected chi connectivity index (χ4v) is 2.93. The normalized spacial score (nSPS) is 10.7. The smallest absolute Gasteiger partial charge is 0.342 e. The third-order valence-electron chi connectivity index (χ3n) is 2.77. The molecular weight excluding hydrogens is 300 g/mol. The zero-order chi connectivity index (χ0) is 14.7. The van der Waals surface area contributed by atoms with Crippen LogP contribution in [0.4, 0.5) is 11.5 Å². The van der Waals surface area contributed by atoms with Gasteiger partial charge in [0.05, 0.1) is 0 Å². The molecule has 2 rings (SSSR count). The molecular formula is C12H13ClN4O2S. The molecule has 2 aromatic rings. The Kier molecular flexibility index (Phi) is 4.51. The van der Waals surface area contributed by atoms with Gasteiger partial charge in [0.25, 0.3) is 0 Å². The molecule has 6 nitrogen and oxygen atoms in total. The van der Waals surface area contributed by atoms with E-state index in [2.05, 4.69) is 4.98 Å². The van der Waals surface area contributed by atoms with Crippen molar-refractivity contribution >= 4 is 34.9 Å². The average molecular weight is 313 g/mol. The number of anilines is 1. The van der Waals surface area contributed by atoms with Gasteiger partial charge in [0, 0.05) is 28.3 Å². The Morgan fingerprint density at radius 1 is 1.55 bits per heavy atom. The summed E-state index contributed by atoms with van der Waals surface area (Å²) in [5.41, 5.74) is 6.50. The maximum Gasteiger partial charge on any atom is 0.342 e. The first-order valence-electron chi connectivity index (χ1n) is 5.83. The predicted octanol–water partition coefficient (Wildman–Crippen LogP) is 3.13. The molecule has 1 aromatic heterocycles. The Hall–Kier alpha value is -1.73. The number of halogens is 1. The van der Waals surface area contributed by atoms with Gasteiger partial charge < -0.3 is 15.8 Å². The van der Waals surface area contributed by atoms with Gasteiger partial charge in [-0.3, -0.25) is 0 Å². The number of aryl methyl sites for hydroxylation is 1. The lowest BCUT2D eigenvalue weighted by Crippen LogP contribution is -2.07. The highest BCUT2D eigenvalue weighted by atomic mass is 35.5. The molecule has 106 valence electrons. The van der Waals surface area contributed by atoms with E-state index in [1.807, 2.05) is 0 Å². The van der Waals surface area contributed by atoms with E-state index >= 15 is 0 Å². The highest BCUT2D eigenvalue weighted by molar-refractivity contribution is 7.99. The highest BCUT2D eigenvalue weighted by Crippen LogP contribution is 2.28. The summed E-state index contributed by atoms with van der Waals surface area (Å²) < 4.78 is 1.58. The standard InChI is InChI=1S/C12H13ClN4O2S/c1-8-15-7-12(17(18)19)16(8)4-5-20-11-6-9(13)2-3-10(11)14/h2-3,6-7H,4-5,14H2,1H3. The Morgan fingerprint density at radius 3 is 3.00 bits per heavy atom. The number of hydrogen-bond acceptors (Lipinski definition) is 5. The van der Waals surface area contributed by atoms with Crippen LogP contribution in [-0.4, -0.2) is 20.2 Å². The molecule has 1 aromatic carbocycles. The summed E-state index contributed by atoms with van der Waals surface area (Å²) in [5.74, 6) is 1.27. The van der Waals surface area contributed by atoms with Crippen LogP contribution in [0.5, 0.6) is 0 Å². The van der Waals surface area contributed by atoms with Gasteiger partial charge in [0.1, 0.15) is 12.7 Å². The third kappa shape index (κ3) is 3.23. The summed E-state index contributed by atoms with van der Waals surface area (Å²) in [6.45, 7) is 2.23. The van der Waals surface area contributed by atoms with Crippen molar-refractivity contribution in [2.45, 2.75) is 18.4 Å². The van der Waals surface area contributed by atoms with Crippen molar-refractivity contribution in [3.8, 4) is 0 Å². The molecule has 0 fully saturated rings. The van der Waals surface area contributed by atoms with Crippen LogP contribution in [0.25, 0.3) is 0 Å². The van der Waals surface area contributed by atoms with E-state index in [-0.39, 0.29) is 5.82 Å². The van der Waals surface area contributed by atoms with E-state index in [1.54, 1.807) is 29.7 Å². The van der Waals surface area contributed by atoms with Crippen LogP contribution in [0.15, 0.2) is 29.3 Å². The number of nitrogens with zero attached hydrogens (tertiary/aromatic N) is 3. The van der Waals surface area contributed by atoms with Gasteiger partial charge >= 0.3 is 5.82 Å². The summed E-state index contributed by atoms with van der Waals surface area (Å²) in [4.78, 5) is 15.3. The topological polar surface area (TPSA) is 87.0 Å². The van der Waals surface area contributed by atoms with Gasteiger partial charge in [-0.25, -0.2) is 9.55 Å². The lowest BCUT2D eigenvalue weighted by molar-refractivity contribution is -0.392. The van der Waals surface area contributed by atoms with Gasteiger partial charge in [-0.1, -0.05) is 11.6 Å². The zero-order valence-electron chi connectivity index (χ0n) is 10.7. The summed E-state index contributed by atoms with van der Waals surface area (Å²) in [6, 6.07) is 5.26. The van der Waals surface area contributed by atoms with Crippen LogP contribution in [0.1, 0.15) is 5.82 Å². The molecule has 0 spiro atoms. The van der Waals surface area contributed by atoms with Crippen LogP contribution in [0.3, 0.4) is 0 Å². The number of imidazole rings is 1. The van der Waals surface area contributed by atoms with Gasteiger partial charge in [-0.15, -0.1) is 11.8 Å². The summed E-state index contributed by atoms with van der Waals surface area (Å²) in [5, 5.41) is 11.5. The first-order chi connectivity index (χ1) is 9.49. The molecule has 0 aliphatic carbocycles. The molecule has 0 saturated heterocycles. The van der Waals surface area contributed by atoms with E-state index in [4.69, 9.17) is 17.3 Å². The first kappa shape index (κ1) is 14.7. The molecule has 0 aliphatic heterocycles. The SMILES string of the molecule is Cc1ncc([N+](=O)[O-])n1CCSc1cc(Cl)ccc1N. The molecule has 0 amide bonds. The fourth-order valence-electron chi connectivity index (χ4n) is 1.76. The van der Waals surface area contributed by atoms with E-state index in [9.17, 15) is 10.1 Å².